The Morgan fingerprint density at radius 2 is 2.11 bits per heavy atom. The molecule has 3 rings (SSSR count). The van der Waals surface area contributed by atoms with E-state index in [1.54, 1.807) is 23.5 Å². The molecule has 4 nitrogen and oxygen atoms in total. The number of thiophene rings is 1. The first-order valence-electron chi connectivity index (χ1n) is 9.56. The minimum Gasteiger partial charge on any atom is -0.494 e. The number of nitrogens with one attached hydrogen (secondary N) is 1. The predicted molar refractivity (Wildman–Crippen MR) is 110 cm³/mol. The van der Waals surface area contributed by atoms with E-state index in [0.717, 1.165) is 37.0 Å². The maximum atomic E-state index is 12.6. The van der Waals surface area contributed by atoms with Gasteiger partial charge in [0.2, 0.25) is 0 Å². The largest absolute Gasteiger partial charge is 0.494 e. The summed E-state index contributed by atoms with van der Waals surface area (Å²) in [5.74, 6) is 1.77. The molecule has 1 amide bonds. The summed E-state index contributed by atoms with van der Waals surface area (Å²) in [6.07, 6.45) is 4.06. The van der Waals surface area contributed by atoms with E-state index in [1.807, 2.05) is 12.1 Å². The number of ether oxygens (including phenoxy) is 1. The van der Waals surface area contributed by atoms with E-state index in [9.17, 15) is 10.1 Å². The lowest BCUT2D eigenvalue weighted by Crippen LogP contribution is -2.12. The quantitative estimate of drug-likeness (QED) is 0.725. The van der Waals surface area contributed by atoms with Crippen LogP contribution < -0.4 is 10.1 Å². The molecule has 1 aliphatic carbocycles. The first-order valence-corrected chi connectivity index (χ1v) is 10.4. The van der Waals surface area contributed by atoms with E-state index >= 15 is 0 Å². The summed E-state index contributed by atoms with van der Waals surface area (Å²) < 4.78 is 5.70. The topological polar surface area (TPSA) is 62.1 Å². The minimum absolute atomic E-state index is 0.188. The maximum Gasteiger partial charge on any atom is 0.256 e. The van der Waals surface area contributed by atoms with Crippen LogP contribution in [0.5, 0.6) is 5.75 Å². The molecule has 2 aromatic rings. The van der Waals surface area contributed by atoms with Crippen molar-refractivity contribution >= 4 is 22.2 Å². The monoisotopic (exact) mass is 382 g/mol. The molecule has 1 unspecified atom stereocenters. The fourth-order valence-corrected chi connectivity index (χ4v) is 4.44. The molecule has 1 heterocycles. The fourth-order valence-electron chi connectivity index (χ4n) is 3.25. The highest BCUT2D eigenvalue weighted by Gasteiger charge is 2.25. The standard InChI is InChI=1S/C22H26N2O2S/c1-14(2)10-11-26-17-7-5-16(6-8-17)21(25)24-22-19(13-23)18-12-15(3)4-9-20(18)27-22/h5-8,14-15H,4,9-12H2,1-3H3,(H,24,25). The molecule has 0 radical (unpaired) electrons. The Kier molecular flexibility index (Phi) is 6.18. The number of hydrogen-bond acceptors (Lipinski definition) is 4. The lowest BCUT2D eigenvalue weighted by molar-refractivity contribution is 0.102. The van der Waals surface area contributed by atoms with Gasteiger partial charge in [-0.3, -0.25) is 4.79 Å². The van der Waals surface area contributed by atoms with Crippen LogP contribution in [0.2, 0.25) is 0 Å². The number of benzene rings is 1. The lowest BCUT2D eigenvalue weighted by Gasteiger charge is -2.17. The summed E-state index contributed by atoms with van der Waals surface area (Å²) >= 11 is 1.55. The zero-order chi connectivity index (χ0) is 19.4. The van der Waals surface area contributed by atoms with Crippen LogP contribution in [0.25, 0.3) is 0 Å². The number of nitriles is 1. The fraction of sp³-hybridized carbons (Fsp3) is 0.455. The second-order valence-corrected chi connectivity index (χ2v) is 8.78. The molecule has 1 aromatic carbocycles. The molecule has 142 valence electrons. The Bertz CT molecular complexity index is 846. The van der Waals surface area contributed by atoms with Crippen LogP contribution in [0, 0.1) is 23.2 Å². The van der Waals surface area contributed by atoms with Crippen LogP contribution in [0.3, 0.4) is 0 Å². The smallest absolute Gasteiger partial charge is 0.256 e. The summed E-state index contributed by atoms with van der Waals surface area (Å²) in [6.45, 7) is 7.21. The van der Waals surface area contributed by atoms with Crippen molar-refractivity contribution < 1.29 is 9.53 Å². The van der Waals surface area contributed by atoms with Crippen molar-refractivity contribution in [3.63, 3.8) is 0 Å². The summed E-state index contributed by atoms with van der Waals surface area (Å²) in [4.78, 5) is 13.9. The summed E-state index contributed by atoms with van der Waals surface area (Å²) in [5, 5.41) is 13.2. The van der Waals surface area contributed by atoms with Crippen LogP contribution in [0.15, 0.2) is 24.3 Å². The van der Waals surface area contributed by atoms with E-state index in [0.29, 0.717) is 34.6 Å². The van der Waals surface area contributed by atoms with Gasteiger partial charge in [-0.15, -0.1) is 11.3 Å². The lowest BCUT2D eigenvalue weighted by atomic mass is 9.88. The summed E-state index contributed by atoms with van der Waals surface area (Å²) in [7, 11) is 0. The number of carbonyl (C=O) groups excluding carboxylic acids is 1. The Hall–Kier alpha value is -2.32. The minimum atomic E-state index is -0.188. The van der Waals surface area contributed by atoms with Gasteiger partial charge in [0.25, 0.3) is 5.91 Å². The van der Waals surface area contributed by atoms with E-state index in [2.05, 4.69) is 32.2 Å². The van der Waals surface area contributed by atoms with Gasteiger partial charge in [-0.1, -0.05) is 20.8 Å². The van der Waals surface area contributed by atoms with Gasteiger partial charge in [0.05, 0.1) is 12.2 Å². The molecule has 0 saturated heterocycles. The van der Waals surface area contributed by atoms with Crippen LogP contribution in [-0.4, -0.2) is 12.5 Å². The van der Waals surface area contributed by atoms with Crippen molar-refractivity contribution in [2.75, 3.05) is 11.9 Å². The average Bonchev–Trinajstić information content (AvgIpc) is 2.98. The molecule has 27 heavy (non-hydrogen) atoms. The highest BCUT2D eigenvalue weighted by atomic mass is 32.1. The third-order valence-electron chi connectivity index (χ3n) is 4.93. The number of anilines is 1. The van der Waals surface area contributed by atoms with Gasteiger partial charge in [0.1, 0.15) is 16.8 Å². The van der Waals surface area contributed by atoms with E-state index < -0.39 is 0 Å². The highest BCUT2D eigenvalue weighted by Crippen LogP contribution is 2.39. The molecule has 1 atom stereocenters. The van der Waals surface area contributed by atoms with E-state index in [1.165, 1.54) is 4.88 Å². The Morgan fingerprint density at radius 3 is 2.78 bits per heavy atom. The molecule has 0 aliphatic heterocycles. The number of carbonyl (C=O) groups is 1. The van der Waals surface area contributed by atoms with Gasteiger partial charge in [-0.2, -0.15) is 5.26 Å². The maximum absolute atomic E-state index is 12.6. The molecular weight excluding hydrogens is 356 g/mol. The number of fused-ring (bicyclic) bond motifs is 1. The third kappa shape index (κ3) is 4.70. The van der Waals surface area contributed by atoms with Gasteiger partial charge >= 0.3 is 0 Å². The van der Waals surface area contributed by atoms with E-state index in [4.69, 9.17) is 4.74 Å². The molecule has 0 spiro atoms. The van der Waals surface area contributed by atoms with Crippen molar-refractivity contribution in [1.82, 2.24) is 0 Å². The van der Waals surface area contributed by atoms with E-state index in [-0.39, 0.29) is 5.91 Å². The van der Waals surface area contributed by atoms with Gasteiger partial charge in [0, 0.05) is 10.4 Å². The molecule has 5 heteroatoms. The molecule has 0 bridgehead atoms. The van der Waals surface area contributed by atoms with Crippen LogP contribution in [0.1, 0.15) is 60.0 Å². The number of nitrogens with zero attached hydrogens (tertiary/aromatic N) is 1. The second-order valence-electron chi connectivity index (χ2n) is 7.68. The molecule has 0 saturated carbocycles. The van der Waals surface area contributed by atoms with Crippen molar-refractivity contribution in [1.29, 1.82) is 5.26 Å². The van der Waals surface area contributed by atoms with Crippen molar-refractivity contribution in [3.05, 3.63) is 45.8 Å². The Morgan fingerprint density at radius 1 is 1.37 bits per heavy atom. The van der Waals surface area contributed by atoms with Gasteiger partial charge in [-0.05, 0) is 67.3 Å². The highest BCUT2D eigenvalue weighted by molar-refractivity contribution is 7.16. The SMILES string of the molecule is CC(C)CCOc1ccc(C(=O)Nc2sc3c(c2C#N)CC(C)CC3)cc1. The van der Waals surface area contributed by atoms with Crippen LogP contribution in [0.4, 0.5) is 5.00 Å². The number of aryl methyl sites for hydroxylation is 1. The van der Waals surface area contributed by atoms with Crippen LogP contribution in [-0.2, 0) is 12.8 Å². The van der Waals surface area contributed by atoms with Gasteiger partial charge in [0.15, 0.2) is 0 Å². The summed E-state index contributed by atoms with van der Waals surface area (Å²) in [5.41, 5.74) is 2.34. The zero-order valence-corrected chi connectivity index (χ0v) is 17.0. The van der Waals surface area contributed by atoms with Crippen molar-refractivity contribution in [2.45, 2.75) is 46.5 Å². The molecule has 1 aliphatic rings. The Balaban J connectivity index is 1.68. The molecule has 1 aromatic heterocycles. The average molecular weight is 383 g/mol. The first kappa shape index (κ1) is 19.4. The zero-order valence-electron chi connectivity index (χ0n) is 16.2. The Labute approximate surface area is 165 Å². The second kappa shape index (κ2) is 8.58. The molecule has 1 N–H and O–H groups in total. The molecule has 0 fully saturated rings. The number of amides is 1. The van der Waals surface area contributed by atoms with Gasteiger partial charge in [-0.25, -0.2) is 0 Å². The van der Waals surface area contributed by atoms with Crippen molar-refractivity contribution in [2.24, 2.45) is 11.8 Å². The number of hydrogen-bond donors (Lipinski definition) is 1. The van der Waals surface area contributed by atoms with Crippen LogP contribution >= 0.6 is 11.3 Å². The predicted octanol–water partition coefficient (Wildman–Crippen LogP) is 5.42. The van der Waals surface area contributed by atoms with Crippen molar-refractivity contribution in [3.8, 4) is 11.8 Å². The molecular formula is C22H26N2O2S. The summed E-state index contributed by atoms with van der Waals surface area (Å²) in [6, 6.07) is 9.47. The first-order chi connectivity index (χ1) is 13.0. The van der Waals surface area contributed by atoms with Gasteiger partial charge < -0.3 is 10.1 Å². The number of rotatable bonds is 6. The normalized spacial score (nSPS) is 15.9. The third-order valence-corrected chi connectivity index (χ3v) is 6.13.